The number of carbonyl (C=O) groups excluding carboxylic acids is 3. The van der Waals surface area contributed by atoms with Crippen molar-refractivity contribution in [3.63, 3.8) is 0 Å². The fourth-order valence-electron chi connectivity index (χ4n) is 2.35. The minimum Gasteiger partial charge on any atom is -0.465 e. The molecule has 0 bridgehead atoms. The van der Waals surface area contributed by atoms with Crippen LogP contribution in [0.2, 0.25) is 5.02 Å². The number of hydrogen-bond donors (Lipinski definition) is 2. The van der Waals surface area contributed by atoms with Crippen molar-refractivity contribution in [1.29, 1.82) is 0 Å². The molecule has 1 amide bonds. The van der Waals surface area contributed by atoms with Gasteiger partial charge in [-0.2, -0.15) is 0 Å². The number of carbonyl (C=O) groups is 3. The second-order valence-corrected chi connectivity index (χ2v) is 5.80. The maximum absolute atomic E-state index is 13.6. The number of methoxy groups -OCH3 is 1. The molecule has 0 atom stereocenters. The molecule has 26 heavy (non-hydrogen) atoms. The molecule has 0 unspecified atom stereocenters. The highest BCUT2D eigenvalue weighted by molar-refractivity contribution is 6.30. The van der Waals surface area contributed by atoms with E-state index >= 15 is 0 Å². The highest BCUT2D eigenvalue weighted by atomic mass is 35.5. The lowest BCUT2D eigenvalue weighted by Gasteiger charge is -2.08. The fourth-order valence-corrected chi connectivity index (χ4v) is 2.52. The number of aromatic amines is 1. The van der Waals surface area contributed by atoms with Crippen LogP contribution in [0.5, 0.6) is 0 Å². The van der Waals surface area contributed by atoms with Crippen molar-refractivity contribution in [1.82, 2.24) is 4.98 Å². The average molecular weight is 383 g/mol. The SMILES string of the molecule is COC(=O)c1c(C)[nH]c(C(=O)OCC(=O)Nc2cc(Cl)ccc2F)c1C. The fraction of sp³-hybridized carbons (Fsp3) is 0.235. The Bertz CT molecular complexity index is 878. The summed E-state index contributed by atoms with van der Waals surface area (Å²) in [5, 5.41) is 2.50. The summed E-state index contributed by atoms with van der Waals surface area (Å²) in [7, 11) is 1.23. The van der Waals surface area contributed by atoms with E-state index in [1.54, 1.807) is 13.8 Å². The first-order valence-corrected chi connectivity index (χ1v) is 7.82. The standard InChI is InChI=1S/C17H16ClFN2O5/c1-8-14(16(23)25-3)9(2)20-15(8)17(24)26-7-13(22)21-12-6-10(18)4-5-11(12)19/h4-6,20H,7H2,1-3H3,(H,21,22). The molecule has 138 valence electrons. The second-order valence-electron chi connectivity index (χ2n) is 5.37. The van der Waals surface area contributed by atoms with Gasteiger partial charge in [0.15, 0.2) is 6.61 Å². The molecule has 0 saturated heterocycles. The first-order valence-electron chi connectivity index (χ1n) is 7.44. The molecule has 2 rings (SSSR count). The predicted molar refractivity (Wildman–Crippen MR) is 91.9 cm³/mol. The van der Waals surface area contributed by atoms with Gasteiger partial charge in [-0.1, -0.05) is 11.6 Å². The molecule has 0 fully saturated rings. The van der Waals surface area contributed by atoms with Gasteiger partial charge in [0.05, 0.1) is 18.4 Å². The molecular weight excluding hydrogens is 367 g/mol. The van der Waals surface area contributed by atoms with Crippen molar-refractivity contribution >= 4 is 35.1 Å². The summed E-state index contributed by atoms with van der Waals surface area (Å²) >= 11 is 5.73. The van der Waals surface area contributed by atoms with Gasteiger partial charge in [0.2, 0.25) is 0 Å². The van der Waals surface area contributed by atoms with Crippen molar-refractivity contribution < 1.29 is 28.2 Å². The number of esters is 2. The molecule has 0 saturated carbocycles. The molecule has 0 aliphatic carbocycles. The van der Waals surface area contributed by atoms with Gasteiger partial charge in [-0.25, -0.2) is 14.0 Å². The van der Waals surface area contributed by atoms with Crippen molar-refractivity contribution in [3.8, 4) is 0 Å². The molecule has 1 aromatic carbocycles. The summed E-state index contributed by atoms with van der Waals surface area (Å²) in [5.74, 6) is -2.84. The summed E-state index contributed by atoms with van der Waals surface area (Å²) < 4.78 is 23.1. The van der Waals surface area contributed by atoms with E-state index in [0.29, 0.717) is 11.3 Å². The van der Waals surface area contributed by atoms with Crippen LogP contribution in [-0.4, -0.2) is 36.5 Å². The Morgan fingerprint density at radius 2 is 1.92 bits per heavy atom. The zero-order chi connectivity index (χ0) is 19.4. The van der Waals surface area contributed by atoms with Gasteiger partial charge < -0.3 is 19.8 Å². The van der Waals surface area contributed by atoms with Gasteiger partial charge in [0.25, 0.3) is 5.91 Å². The summed E-state index contributed by atoms with van der Waals surface area (Å²) in [6, 6.07) is 3.67. The Kier molecular flexibility index (Phi) is 5.99. The maximum atomic E-state index is 13.6. The third-order valence-electron chi connectivity index (χ3n) is 3.57. The summed E-state index contributed by atoms with van der Waals surface area (Å²) in [6.07, 6.45) is 0. The average Bonchev–Trinajstić information content (AvgIpc) is 2.90. The van der Waals surface area contributed by atoms with Crippen LogP contribution < -0.4 is 5.32 Å². The Morgan fingerprint density at radius 3 is 2.58 bits per heavy atom. The molecule has 1 heterocycles. The molecule has 2 N–H and O–H groups in total. The molecule has 2 aromatic rings. The monoisotopic (exact) mass is 382 g/mol. The molecule has 7 nitrogen and oxygen atoms in total. The zero-order valence-electron chi connectivity index (χ0n) is 14.2. The van der Waals surface area contributed by atoms with Crippen LogP contribution in [0.4, 0.5) is 10.1 Å². The van der Waals surface area contributed by atoms with Crippen LogP contribution in [-0.2, 0) is 14.3 Å². The van der Waals surface area contributed by atoms with E-state index in [4.69, 9.17) is 16.3 Å². The lowest BCUT2D eigenvalue weighted by Crippen LogP contribution is -2.22. The number of hydrogen-bond acceptors (Lipinski definition) is 5. The smallest absolute Gasteiger partial charge is 0.355 e. The van der Waals surface area contributed by atoms with E-state index < -0.39 is 30.3 Å². The van der Waals surface area contributed by atoms with Crippen molar-refractivity contribution in [2.45, 2.75) is 13.8 Å². The Hall–Kier alpha value is -2.87. The number of H-pyrrole nitrogens is 1. The number of halogens is 2. The van der Waals surface area contributed by atoms with Gasteiger partial charge in [0, 0.05) is 10.7 Å². The Morgan fingerprint density at radius 1 is 1.23 bits per heavy atom. The molecule has 0 spiro atoms. The van der Waals surface area contributed by atoms with E-state index in [-0.39, 0.29) is 22.0 Å². The van der Waals surface area contributed by atoms with E-state index in [1.165, 1.54) is 19.2 Å². The van der Waals surface area contributed by atoms with Crippen LogP contribution in [0.15, 0.2) is 18.2 Å². The van der Waals surface area contributed by atoms with Crippen molar-refractivity contribution in [2.75, 3.05) is 19.0 Å². The number of nitrogens with one attached hydrogen (secondary N) is 2. The van der Waals surface area contributed by atoms with Crippen LogP contribution in [0, 0.1) is 19.7 Å². The van der Waals surface area contributed by atoms with E-state index in [9.17, 15) is 18.8 Å². The molecular formula is C17H16ClFN2O5. The highest BCUT2D eigenvalue weighted by Crippen LogP contribution is 2.21. The third kappa shape index (κ3) is 4.20. The number of rotatable bonds is 5. The van der Waals surface area contributed by atoms with Gasteiger partial charge in [-0.3, -0.25) is 4.79 Å². The summed E-state index contributed by atoms with van der Waals surface area (Å²) in [4.78, 5) is 38.4. The van der Waals surface area contributed by atoms with Gasteiger partial charge in [-0.15, -0.1) is 0 Å². The Balaban J connectivity index is 2.04. The lowest BCUT2D eigenvalue weighted by atomic mass is 10.1. The first-order chi connectivity index (χ1) is 12.2. The number of benzene rings is 1. The highest BCUT2D eigenvalue weighted by Gasteiger charge is 2.23. The van der Waals surface area contributed by atoms with Gasteiger partial charge >= 0.3 is 11.9 Å². The maximum Gasteiger partial charge on any atom is 0.355 e. The van der Waals surface area contributed by atoms with Crippen LogP contribution >= 0.6 is 11.6 Å². The van der Waals surface area contributed by atoms with Gasteiger partial charge in [-0.05, 0) is 37.6 Å². The molecule has 9 heteroatoms. The summed E-state index contributed by atoms with van der Waals surface area (Å²) in [6.45, 7) is 2.51. The van der Waals surface area contributed by atoms with Crippen molar-refractivity contribution in [2.24, 2.45) is 0 Å². The molecule has 1 aromatic heterocycles. The zero-order valence-corrected chi connectivity index (χ0v) is 15.0. The van der Waals surface area contributed by atoms with E-state index in [1.807, 2.05) is 0 Å². The molecule has 0 radical (unpaired) electrons. The third-order valence-corrected chi connectivity index (χ3v) is 3.80. The van der Waals surface area contributed by atoms with Crippen LogP contribution in [0.3, 0.4) is 0 Å². The normalized spacial score (nSPS) is 10.3. The lowest BCUT2D eigenvalue weighted by molar-refractivity contribution is -0.119. The number of aryl methyl sites for hydroxylation is 1. The number of amides is 1. The number of ether oxygens (including phenoxy) is 2. The largest absolute Gasteiger partial charge is 0.465 e. The van der Waals surface area contributed by atoms with Crippen LogP contribution in [0.25, 0.3) is 0 Å². The van der Waals surface area contributed by atoms with E-state index in [0.717, 1.165) is 6.07 Å². The topological polar surface area (TPSA) is 97.5 Å². The number of aromatic nitrogens is 1. The Labute approximate surface area is 153 Å². The predicted octanol–water partition coefficient (Wildman–Crippen LogP) is 3.01. The molecule has 0 aliphatic heterocycles. The van der Waals surface area contributed by atoms with Crippen molar-refractivity contribution in [3.05, 3.63) is 51.6 Å². The second kappa shape index (κ2) is 8.01. The first kappa shape index (κ1) is 19.5. The van der Waals surface area contributed by atoms with E-state index in [2.05, 4.69) is 15.0 Å². The van der Waals surface area contributed by atoms with Gasteiger partial charge in [0.1, 0.15) is 11.5 Å². The number of anilines is 1. The minimum atomic E-state index is -0.831. The summed E-state index contributed by atoms with van der Waals surface area (Å²) in [5.41, 5.74) is 0.917. The quantitative estimate of drug-likeness (QED) is 0.775. The minimum absolute atomic E-state index is 0.0321. The molecule has 0 aliphatic rings. The van der Waals surface area contributed by atoms with Crippen LogP contribution in [0.1, 0.15) is 32.1 Å².